The molecule has 2 N–H and O–H groups in total. The van der Waals surface area contributed by atoms with Gasteiger partial charge in [0.15, 0.2) is 0 Å². The van der Waals surface area contributed by atoms with Gasteiger partial charge in [0.2, 0.25) is 11.7 Å². The van der Waals surface area contributed by atoms with Crippen molar-refractivity contribution in [3.05, 3.63) is 21.8 Å². The van der Waals surface area contributed by atoms with Crippen LogP contribution < -0.4 is 5.73 Å². The lowest BCUT2D eigenvalue weighted by molar-refractivity contribution is 0.220. The molecule has 0 unspecified atom stereocenters. The summed E-state index contributed by atoms with van der Waals surface area (Å²) in [6, 6.07) is 3.99. The first kappa shape index (κ1) is 13.3. The molecule has 1 aliphatic rings. The average Bonchev–Trinajstić information content (AvgIpc) is 3.08. The molecular formula is C13H16BrN3OS. The molecule has 0 aliphatic heterocycles. The zero-order valence-electron chi connectivity index (χ0n) is 10.6. The minimum Gasteiger partial charge on any atom is -0.338 e. The van der Waals surface area contributed by atoms with E-state index in [1.54, 1.807) is 11.3 Å². The highest BCUT2D eigenvalue weighted by Gasteiger charge is 2.38. The zero-order valence-corrected chi connectivity index (χ0v) is 13.0. The van der Waals surface area contributed by atoms with Crippen LogP contribution in [0.25, 0.3) is 10.7 Å². The van der Waals surface area contributed by atoms with Gasteiger partial charge in [-0.2, -0.15) is 4.98 Å². The summed E-state index contributed by atoms with van der Waals surface area (Å²) < 4.78 is 6.58. The van der Waals surface area contributed by atoms with Crippen molar-refractivity contribution in [3.63, 3.8) is 0 Å². The Labute approximate surface area is 124 Å². The Bertz CT molecular complexity index is 560. The van der Waals surface area contributed by atoms with E-state index in [-0.39, 0.29) is 5.41 Å². The molecule has 2 aromatic heterocycles. The van der Waals surface area contributed by atoms with Crippen LogP contribution in [0.3, 0.4) is 0 Å². The quantitative estimate of drug-likeness (QED) is 0.923. The molecule has 2 aromatic rings. The molecule has 2 heterocycles. The van der Waals surface area contributed by atoms with Gasteiger partial charge in [-0.1, -0.05) is 24.4 Å². The maximum atomic E-state index is 5.99. The van der Waals surface area contributed by atoms with Crippen LogP contribution in [0.5, 0.6) is 0 Å². The molecule has 3 rings (SSSR count). The first-order valence-electron chi connectivity index (χ1n) is 6.53. The number of hydrogen-bond donors (Lipinski definition) is 1. The minimum absolute atomic E-state index is 0.0992. The molecule has 0 amide bonds. The van der Waals surface area contributed by atoms with Crippen LogP contribution in [0.1, 0.15) is 38.0 Å². The topological polar surface area (TPSA) is 64.9 Å². The van der Waals surface area contributed by atoms with Gasteiger partial charge in [-0.3, -0.25) is 0 Å². The smallest absolute Gasteiger partial charge is 0.234 e. The van der Waals surface area contributed by atoms with Crippen molar-refractivity contribution in [3.8, 4) is 10.7 Å². The first-order valence-corrected chi connectivity index (χ1v) is 8.14. The van der Waals surface area contributed by atoms with Crippen molar-refractivity contribution < 1.29 is 4.52 Å². The molecular weight excluding hydrogens is 326 g/mol. The third-order valence-electron chi connectivity index (χ3n) is 3.87. The maximum Gasteiger partial charge on any atom is 0.234 e. The lowest BCUT2D eigenvalue weighted by Gasteiger charge is -2.32. The lowest BCUT2D eigenvalue weighted by Crippen LogP contribution is -2.37. The van der Waals surface area contributed by atoms with Gasteiger partial charge in [0, 0.05) is 6.54 Å². The van der Waals surface area contributed by atoms with Gasteiger partial charge in [-0.25, -0.2) is 0 Å². The highest BCUT2D eigenvalue weighted by molar-refractivity contribution is 9.11. The molecule has 1 fully saturated rings. The molecule has 1 aliphatic carbocycles. The molecule has 0 aromatic carbocycles. The van der Waals surface area contributed by atoms with E-state index in [2.05, 4.69) is 26.1 Å². The Morgan fingerprint density at radius 2 is 2.11 bits per heavy atom. The molecule has 0 saturated heterocycles. The third-order valence-corrected chi connectivity index (χ3v) is 5.49. The van der Waals surface area contributed by atoms with Gasteiger partial charge in [0.25, 0.3) is 0 Å². The monoisotopic (exact) mass is 341 g/mol. The van der Waals surface area contributed by atoms with Crippen LogP contribution in [0, 0.1) is 0 Å². The van der Waals surface area contributed by atoms with Crippen LogP contribution >= 0.6 is 27.3 Å². The van der Waals surface area contributed by atoms with Crippen molar-refractivity contribution in [1.82, 2.24) is 10.1 Å². The number of thiophene rings is 1. The van der Waals surface area contributed by atoms with Crippen LogP contribution in [-0.2, 0) is 5.41 Å². The number of nitrogens with two attached hydrogens (primary N) is 1. The second kappa shape index (κ2) is 5.34. The molecule has 1 saturated carbocycles. The standard InChI is InChI=1S/C13H16BrN3OS/c14-10-5-4-9(19-10)11-16-12(18-17-11)13(8-15)6-2-1-3-7-13/h4-5H,1-3,6-8,15H2. The number of halogens is 1. The summed E-state index contributed by atoms with van der Waals surface area (Å²) in [7, 11) is 0. The Balaban J connectivity index is 1.91. The van der Waals surface area contributed by atoms with E-state index >= 15 is 0 Å². The molecule has 4 nitrogen and oxygen atoms in total. The second-order valence-corrected chi connectivity index (χ2v) is 7.54. The van der Waals surface area contributed by atoms with Crippen LogP contribution in [0.15, 0.2) is 20.4 Å². The zero-order chi connectivity index (χ0) is 13.3. The molecule has 19 heavy (non-hydrogen) atoms. The van der Waals surface area contributed by atoms with Crippen molar-refractivity contribution >= 4 is 27.3 Å². The number of rotatable bonds is 3. The van der Waals surface area contributed by atoms with Gasteiger partial charge in [0.05, 0.1) is 14.1 Å². The molecule has 0 radical (unpaired) electrons. The van der Waals surface area contributed by atoms with Crippen molar-refractivity contribution in [2.45, 2.75) is 37.5 Å². The van der Waals surface area contributed by atoms with Gasteiger partial charge < -0.3 is 10.3 Å². The predicted molar refractivity (Wildman–Crippen MR) is 79.1 cm³/mol. The highest BCUT2D eigenvalue weighted by Crippen LogP contribution is 2.39. The Morgan fingerprint density at radius 1 is 1.32 bits per heavy atom. The minimum atomic E-state index is -0.0992. The van der Waals surface area contributed by atoms with E-state index < -0.39 is 0 Å². The van der Waals surface area contributed by atoms with Gasteiger partial charge in [-0.05, 0) is 40.9 Å². The predicted octanol–water partition coefficient (Wildman–Crippen LogP) is 3.72. The van der Waals surface area contributed by atoms with Crippen LogP contribution in [0.2, 0.25) is 0 Å². The Kier molecular flexibility index (Phi) is 3.73. The van der Waals surface area contributed by atoms with Crippen molar-refractivity contribution in [2.75, 3.05) is 6.54 Å². The fraction of sp³-hybridized carbons (Fsp3) is 0.538. The van der Waals surface area contributed by atoms with Crippen molar-refractivity contribution in [1.29, 1.82) is 0 Å². The summed E-state index contributed by atoms with van der Waals surface area (Å²) in [5.74, 6) is 1.39. The summed E-state index contributed by atoms with van der Waals surface area (Å²) >= 11 is 5.06. The normalized spacial score (nSPS) is 18.6. The third kappa shape index (κ3) is 2.49. The van der Waals surface area contributed by atoms with E-state index in [0.29, 0.717) is 18.3 Å². The summed E-state index contributed by atoms with van der Waals surface area (Å²) in [4.78, 5) is 5.61. The largest absolute Gasteiger partial charge is 0.338 e. The van der Waals surface area contributed by atoms with E-state index in [1.165, 1.54) is 19.3 Å². The summed E-state index contributed by atoms with van der Waals surface area (Å²) in [5, 5.41) is 4.12. The lowest BCUT2D eigenvalue weighted by atomic mass is 9.74. The number of hydrogen-bond acceptors (Lipinski definition) is 5. The van der Waals surface area contributed by atoms with Crippen LogP contribution in [0.4, 0.5) is 0 Å². The van der Waals surface area contributed by atoms with E-state index in [1.807, 2.05) is 12.1 Å². The molecule has 0 atom stereocenters. The second-order valence-electron chi connectivity index (χ2n) is 5.07. The van der Waals surface area contributed by atoms with Gasteiger partial charge in [0.1, 0.15) is 0 Å². The van der Waals surface area contributed by atoms with Gasteiger partial charge in [-0.15, -0.1) is 11.3 Å². The van der Waals surface area contributed by atoms with E-state index in [9.17, 15) is 0 Å². The summed E-state index contributed by atoms with van der Waals surface area (Å²) in [6.07, 6.45) is 5.78. The molecule has 6 heteroatoms. The van der Waals surface area contributed by atoms with E-state index in [4.69, 9.17) is 10.3 Å². The van der Waals surface area contributed by atoms with Crippen molar-refractivity contribution in [2.24, 2.45) is 5.73 Å². The Morgan fingerprint density at radius 3 is 2.74 bits per heavy atom. The molecule has 102 valence electrons. The van der Waals surface area contributed by atoms with Gasteiger partial charge >= 0.3 is 0 Å². The Hall–Kier alpha value is -0.720. The van der Waals surface area contributed by atoms with Crippen LogP contribution in [-0.4, -0.2) is 16.7 Å². The SMILES string of the molecule is NCC1(c2nc(-c3ccc(Br)s3)no2)CCCCC1. The maximum absolute atomic E-state index is 5.99. The molecule has 0 bridgehead atoms. The number of nitrogens with zero attached hydrogens (tertiary/aromatic N) is 2. The number of aromatic nitrogens is 2. The summed E-state index contributed by atoms with van der Waals surface area (Å²) in [6.45, 7) is 0.586. The molecule has 0 spiro atoms. The average molecular weight is 342 g/mol. The highest BCUT2D eigenvalue weighted by atomic mass is 79.9. The summed E-state index contributed by atoms with van der Waals surface area (Å²) in [5.41, 5.74) is 5.89. The van der Waals surface area contributed by atoms with E-state index in [0.717, 1.165) is 21.5 Å². The first-order chi connectivity index (χ1) is 9.23. The fourth-order valence-electron chi connectivity index (χ4n) is 2.71. The fourth-order valence-corrected chi connectivity index (χ4v) is 4.02.